The number of para-hydroxylation sites is 1. The van der Waals surface area contributed by atoms with Gasteiger partial charge in [0.05, 0.1) is 0 Å². The Morgan fingerprint density at radius 1 is 0.356 bits per heavy atom. The highest BCUT2D eigenvalue weighted by Gasteiger charge is 2.18. The molecule has 2 heterocycles. The van der Waals surface area contributed by atoms with Crippen molar-refractivity contribution in [2.45, 2.75) is 0 Å². The number of furan rings is 1. The number of hydrogen-bond donors (Lipinski definition) is 0. The first-order valence-electron chi connectivity index (χ1n) is 15.0. The first kappa shape index (κ1) is 25.4. The predicted molar refractivity (Wildman–Crippen MR) is 184 cm³/mol. The summed E-state index contributed by atoms with van der Waals surface area (Å²) in [6.07, 6.45) is 0. The molecule has 0 atom stereocenters. The van der Waals surface area contributed by atoms with Crippen molar-refractivity contribution in [3.05, 3.63) is 152 Å². The van der Waals surface area contributed by atoms with Crippen LogP contribution in [-0.4, -0.2) is 15.0 Å². The van der Waals surface area contributed by atoms with Crippen LogP contribution in [0.2, 0.25) is 0 Å². The van der Waals surface area contributed by atoms with Gasteiger partial charge in [0.25, 0.3) is 0 Å². The Hall–Kier alpha value is -6.13. The molecule has 0 fully saturated rings. The SMILES string of the molecule is c1ccc(-c2nc(-c3ccc4c(-c5ccccc5)cc5ccccc5c4c3)nc(-c3cccc4oc5ccccc5c34)n2)cc1. The molecular formula is C41H25N3O. The van der Waals surface area contributed by atoms with E-state index in [9.17, 15) is 0 Å². The Bertz CT molecular complexity index is 2540. The van der Waals surface area contributed by atoms with Crippen molar-refractivity contribution in [1.29, 1.82) is 0 Å². The van der Waals surface area contributed by atoms with Gasteiger partial charge in [-0.2, -0.15) is 0 Å². The summed E-state index contributed by atoms with van der Waals surface area (Å²) in [6, 6.07) is 52.3. The molecule has 4 heteroatoms. The van der Waals surface area contributed by atoms with E-state index in [0.29, 0.717) is 17.5 Å². The van der Waals surface area contributed by atoms with Crippen molar-refractivity contribution in [3.8, 4) is 45.3 Å². The molecule has 0 aliphatic heterocycles. The van der Waals surface area contributed by atoms with Crippen molar-refractivity contribution in [3.63, 3.8) is 0 Å². The number of hydrogen-bond acceptors (Lipinski definition) is 4. The Morgan fingerprint density at radius 2 is 1.00 bits per heavy atom. The Balaban J connectivity index is 1.31. The maximum Gasteiger partial charge on any atom is 0.164 e. The normalized spacial score (nSPS) is 11.6. The van der Waals surface area contributed by atoms with Gasteiger partial charge in [-0.1, -0.05) is 127 Å². The molecule has 9 aromatic rings. The van der Waals surface area contributed by atoms with Crippen molar-refractivity contribution in [2.75, 3.05) is 0 Å². The number of aromatic nitrogens is 3. The first-order chi connectivity index (χ1) is 22.3. The summed E-state index contributed by atoms with van der Waals surface area (Å²) in [4.78, 5) is 15.2. The standard InChI is InChI=1S/C41H25N3O/c1-3-12-26(13-4-1)34-24-28-16-7-8-17-30(28)35-25-29(22-23-31(34)35)40-42-39(27-14-5-2-6-15-27)43-41(44-40)33-19-11-21-37-38(33)32-18-9-10-20-36(32)45-37/h1-25H. The summed E-state index contributed by atoms with van der Waals surface area (Å²) in [5.74, 6) is 1.86. The third-order valence-corrected chi connectivity index (χ3v) is 8.51. The van der Waals surface area contributed by atoms with E-state index in [0.717, 1.165) is 44.0 Å². The van der Waals surface area contributed by atoms with E-state index in [-0.39, 0.29) is 0 Å². The Labute approximate surface area is 259 Å². The molecule has 7 aromatic carbocycles. The van der Waals surface area contributed by atoms with Gasteiger partial charge in [-0.05, 0) is 56.9 Å². The van der Waals surface area contributed by atoms with E-state index in [4.69, 9.17) is 19.4 Å². The minimum Gasteiger partial charge on any atom is -0.456 e. The summed E-state index contributed by atoms with van der Waals surface area (Å²) in [7, 11) is 0. The minimum absolute atomic E-state index is 0.610. The largest absolute Gasteiger partial charge is 0.456 e. The molecule has 0 radical (unpaired) electrons. The molecule has 0 aliphatic rings. The molecule has 0 unspecified atom stereocenters. The van der Waals surface area contributed by atoms with Gasteiger partial charge < -0.3 is 4.42 Å². The van der Waals surface area contributed by atoms with Gasteiger partial charge in [-0.15, -0.1) is 0 Å². The third kappa shape index (κ3) is 4.27. The van der Waals surface area contributed by atoms with Crippen molar-refractivity contribution >= 4 is 43.5 Å². The Kier molecular flexibility index (Phi) is 5.78. The molecule has 0 spiro atoms. The number of rotatable bonds is 4. The second kappa shape index (κ2) is 10.2. The lowest BCUT2D eigenvalue weighted by atomic mass is 9.92. The highest BCUT2D eigenvalue weighted by molar-refractivity contribution is 6.15. The van der Waals surface area contributed by atoms with Crippen LogP contribution in [0.5, 0.6) is 0 Å². The predicted octanol–water partition coefficient (Wildman–Crippen LogP) is 10.7. The molecule has 0 aliphatic carbocycles. The number of nitrogens with zero attached hydrogens (tertiary/aromatic N) is 3. The van der Waals surface area contributed by atoms with Crippen LogP contribution in [0.3, 0.4) is 0 Å². The summed E-state index contributed by atoms with van der Waals surface area (Å²) in [5.41, 5.74) is 6.82. The minimum atomic E-state index is 0.610. The van der Waals surface area contributed by atoms with E-state index in [1.54, 1.807) is 0 Å². The lowest BCUT2D eigenvalue weighted by Gasteiger charge is -2.13. The van der Waals surface area contributed by atoms with Crippen LogP contribution in [0, 0.1) is 0 Å². The molecule has 0 saturated heterocycles. The van der Waals surface area contributed by atoms with Gasteiger partial charge in [-0.3, -0.25) is 0 Å². The average molecular weight is 576 g/mol. The average Bonchev–Trinajstić information content (AvgIpc) is 3.51. The second-order valence-electron chi connectivity index (χ2n) is 11.2. The zero-order valence-electron chi connectivity index (χ0n) is 24.2. The second-order valence-corrected chi connectivity index (χ2v) is 11.2. The molecule has 0 N–H and O–H groups in total. The summed E-state index contributed by atoms with van der Waals surface area (Å²) >= 11 is 0. The summed E-state index contributed by atoms with van der Waals surface area (Å²) in [5, 5.41) is 6.78. The van der Waals surface area contributed by atoms with E-state index in [1.165, 1.54) is 27.3 Å². The topological polar surface area (TPSA) is 51.8 Å². The van der Waals surface area contributed by atoms with Gasteiger partial charge in [0.1, 0.15) is 11.2 Å². The summed E-state index contributed by atoms with van der Waals surface area (Å²) < 4.78 is 6.21. The molecule has 0 amide bonds. The van der Waals surface area contributed by atoms with Gasteiger partial charge in [0, 0.05) is 27.5 Å². The molecule has 9 rings (SSSR count). The van der Waals surface area contributed by atoms with Crippen molar-refractivity contribution < 1.29 is 4.42 Å². The zero-order valence-corrected chi connectivity index (χ0v) is 24.2. The van der Waals surface area contributed by atoms with Crippen LogP contribution in [0.25, 0.3) is 88.8 Å². The van der Waals surface area contributed by atoms with Crippen molar-refractivity contribution in [1.82, 2.24) is 15.0 Å². The quantitative estimate of drug-likeness (QED) is 0.196. The molecule has 4 nitrogen and oxygen atoms in total. The molecule has 0 saturated carbocycles. The molecule has 45 heavy (non-hydrogen) atoms. The van der Waals surface area contributed by atoms with Crippen LogP contribution in [0.15, 0.2) is 156 Å². The third-order valence-electron chi connectivity index (χ3n) is 8.51. The van der Waals surface area contributed by atoms with Crippen molar-refractivity contribution in [2.24, 2.45) is 0 Å². The fourth-order valence-electron chi connectivity index (χ4n) is 6.40. The van der Waals surface area contributed by atoms with Gasteiger partial charge in [-0.25, -0.2) is 15.0 Å². The zero-order chi connectivity index (χ0) is 29.7. The van der Waals surface area contributed by atoms with Crippen LogP contribution < -0.4 is 0 Å². The number of fused-ring (bicyclic) bond motifs is 6. The van der Waals surface area contributed by atoms with Crippen LogP contribution in [0.4, 0.5) is 0 Å². The lowest BCUT2D eigenvalue weighted by Crippen LogP contribution is -2.00. The maximum absolute atomic E-state index is 6.21. The fraction of sp³-hybridized carbons (Fsp3) is 0. The first-order valence-corrected chi connectivity index (χ1v) is 15.0. The lowest BCUT2D eigenvalue weighted by molar-refractivity contribution is 0.669. The van der Waals surface area contributed by atoms with Crippen LogP contribution >= 0.6 is 0 Å². The monoisotopic (exact) mass is 575 g/mol. The highest BCUT2D eigenvalue weighted by atomic mass is 16.3. The van der Waals surface area contributed by atoms with Gasteiger partial charge in [0.2, 0.25) is 0 Å². The summed E-state index contributed by atoms with van der Waals surface area (Å²) in [6.45, 7) is 0. The molecular weight excluding hydrogens is 550 g/mol. The molecule has 0 bridgehead atoms. The number of benzene rings is 7. The van der Waals surface area contributed by atoms with E-state index in [1.807, 2.05) is 60.7 Å². The van der Waals surface area contributed by atoms with E-state index >= 15 is 0 Å². The van der Waals surface area contributed by atoms with Crippen LogP contribution in [0.1, 0.15) is 0 Å². The molecule has 2 aromatic heterocycles. The van der Waals surface area contributed by atoms with E-state index in [2.05, 4.69) is 91.0 Å². The van der Waals surface area contributed by atoms with E-state index < -0.39 is 0 Å². The molecule has 210 valence electrons. The smallest absolute Gasteiger partial charge is 0.164 e. The highest BCUT2D eigenvalue weighted by Crippen LogP contribution is 2.39. The van der Waals surface area contributed by atoms with Crippen LogP contribution in [-0.2, 0) is 0 Å². The maximum atomic E-state index is 6.21. The Morgan fingerprint density at radius 3 is 1.82 bits per heavy atom. The van der Waals surface area contributed by atoms with Gasteiger partial charge in [0.15, 0.2) is 17.5 Å². The van der Waals surface area contributed by atoms with Gasteiger partial charge >= 0.3 is 0 Å². The fourth-order valence-corrected chi connectivity index (χ4v) is 6.40.